The normalized spacial score (nSPS) is 14.4. The monoisotopic (exact) mass is 263 g/mol. The van der Waals surface area contributed by atoms with Crippen LogP contribution < -0.4 is 4.90 Å². The van der Waals surface area contributed by atoms with Gasteiger partial charge in [0, 0.05) is 13.1 Å². The lowest BCUT2D eigenvalue weighted by atomic mass is 10.00. The topological polar surface area (TPSA) is 29.0 Å². The van der Waals surface area contributed by atoms with Crippen LogP contribution in [0.3, 0.4) is 0 Å². The third-order valence-electron chi connectivity index (χ3n) is 3.10. The van der Waals surface area contributed by atoms with Gasteiger partial charge in [-0.1, -0.05) is 17.7 Å². The molecule has 1 aromatic heterocycles. The molecule has 2 heterocycles. The standard InChI is InChI=1S/C13H11ClFN3/c14-12-6-16-7-13(17-12)18-4-3-9-5-11(15)2-1-10(9)8-18/h1-2,5-7H,3-4,8H2. The number of hydrogen-bond acceptors (Lipinski definition) is 3. The van der Waals surface area contributed by atoms with Crippen LogP contribution in [0.1, 0.15) is 11.1 Å². The smallest absolute Gasteiger partial charge is 0.149 e. The summed E-state index contributed by atoms with van der Waals surface area (Å²) in [5.41, 5.74) is 2.20. The lowest BCUT2D eigenvalue weighted by molar-refractivity contribution is 0.618. The lowest BCUT2D eigenvalue weighted by Crippen LogP contribution is -2.31. The minimum Gasteiger partial charge on any atom is -0.351 e. The molecule has 18 heavy (non-hydrogen) atoms. The van der Waals surface area contributed by atoms with Crippen molar-refractivity contribution in [2.24, 2.45) is 0 Å². The Hall–Kier alpha value is -1.68. The number of anilines is 1. The molecule has 0 radical (unpaired) electrons. The first-order chi connectivity index (χ1) is 8.72. The van der Waals surface area contributed by atoms with Crippen LogP contribution in [0.2, 0.25) is 5.15 Å². The number of nitrogens with zero attached hydrogens (tertiary/aromatic N) is 3. The molecule has 1 aromatic carbocycles. The van der Waals surface area contributed by atoms with Crippen LogP contribution in [0.4, 0.5) is 10.2 Å². The maximum absolute atomic E-state index is 13.1. The Bertz CT molecular complexity index is 588. The summed E-state index contributed by atoms with van der Waals surface area (Å²) in [7, 11) is 0. The molecule has 0 unspecified atom stereocenters. The van der Waals surface area contributed by atoms with Gasteiger partial charge in [0.2, 0.25) is 0 Å². The van der Waals surface area contributed by atoms with E-state index < -0.39 is 0 Å². The number of rotatable bonds is 1. The van der Waals surface area contributed by atoms with E-state index in [1.165, 1.54) is 12.3 Å². The highest BCUT2D eigenvalue weighted by Crippen LogP contribution is 2.23. The van der Waals surface area contributed by atoms with Crippen LogP contribution >= 0.6 is 11.6 Å². The summed E-state index contributed by atoms with van der Waals surface area (Å²) >= 11 is 5.84. The molecule has 1 aliphatic heterocycles. The molecule has 3 nitrogen and oxygen atoms in total. The number of fused-ring (bicyclic) bond motifs is 1. The van der Waals surface area contributed by atoms with E-state index in [-0.39, 0.29) is 5.82 Å². The van der Waals surface area contributed by atoms with Gasteiger partial charge in [0.15, 0.2) is 0 Å². The second kappa shape index (κ2) is 4.53. The van der Waals surface area contributed by atoms with E-state index in [1.807, 2.05) is 6.07 Å². The van der Waals surface area contributed by atoms with Crippen molar-refractivity contribution in [3.05, 3.63) is 52.7 Å². The average molecular weight is 264 g/mol. The third kappa shape index (κ3) is 2.16. The minimum atomic E-state index is -0.176. The van der Waals surface area contributed by atoms with E-state index in [1.54, 1.807) is 12.3 Å². The number of hydrogen-bond donors (Lipinski definition) is 0. The first-order valence-electron chi connectivity index (χ1n) is 5.72. The zero-order chi connectivity index (χ0) is 12.5. The van der Waals surface area contributed by atoms with Crippen molar-refractivity contribution in [3.8, 4) is 0 Å². The van der Waals surface area contributed by atoms with Gasteiger partial charge in [0.05, 0.1) is 12.4 Å². The van der Waals surface area contributed by atoms with Gasteiger partial charge in [-0.3, -0.25) is 4.98 Å². The second-order valence-corrected chi connectivity index (χ2v) is 4.67. The van der Waals surface area contributed by atoms with Gasteiger partial charge in [-0.15, -0.1) is 0 Å². The second-order valence-electron chi connectivity index (χ2n) is 4.28. The number of aromatic nitrogens is 2. The highest BCUT2D eigenvalue weighted by molar-refractivity contribution is 6.29. The molecule has 0 bridgehead atoms. The summed E-state index contributed by atoms with van der Waals surface area (Å²) in [5.74, 6) is 0.585. The molecule has 0 aliphatic carbocycles. The summed E-state index contributed by atoms with van der Waals surface area (Å²) in [6.45, 7) is 1.51. The van der Waals surface area contributed by atoms with Crippen molar-refractivity contribution < 1.29 is 4.39 Å². The summed E-state index contributed by atoms with van der Waals surface area (Å²) in [6, 6.07) is 4.93. The van der Waals surface area contributed by atoms with Gasteiger partial charge in [-0.05, 0) is 29.7 Å². The van der Waals surface area contributed by atoms with Crippen LogP contribution in [0.15, 0.2) is 30.6 Å². The molecular weight excluding hydrogens is 253 g/mol. The van der Waals surface area contributed by atoms with Crippen LogP contribution in [0, 0.1) is 5.82 Å². The predicted octanol–water partition coefficient (Wildman–Crippen LogP) is 2.83. The summed E-state index contributed by atoms with van der Waals surface area (Å²) in [6.07, 6.45) is 4.01. The van der Waals surface area contributed by atoms with Crippen molar-refractivity contribution in [2.75, 3.05) is 11.4 Å². The molecule has 1 aliphatic rings. The molecule has 5 heteroatoms. The molecule has 2 aromatic rings. The quantitative estimate of drug-likeness (QED) is 0.792. The first-order valence-corrected chi connectivity index (χ1v) is 6.10. The van der Waals surface area contributed by atoms with Crippen molar-refractivity contribution in [1.82, 2.24) is 9.97 Å². The number of benzene rings is 1. The molecule has 0 amide bonds. The van der Waals surface area contributed by atoms with E-state index >= 15 is 0 Å². The molecule has 0 fully saturated rings. The SMILES string of the molecule is Fc1ccc2c(c1)CCN(c1cncc(Cl)n1)C2. The van der Waals surface area contributed by atoms with Crippen molar-refractivity contribution in [1.29, 1.82) is 0 Å². The Balaban J connectivity index is 1.89. The van der Waals surface area contributed by atoms with Crippen LogP contribution in [0.5, 0.6) is 0 Å². The average Bonchev–Trinajstić information content (AvgIpc) is 2.38. The van der Waals surface area contributed by atoms with Gasteiger partial charge in [-0.2, -0.15) is 0 Å². The number of halogens is 2. The van der Waals surface area contributed by atoms with Gasteiger partial charge in [-0.25, -0.2) is 9.37 Å². The van der Waals surface area contributed by atoms with Gasteiger partial charge in [0.25, 0.3) is 0 Å². The minimum absolute atomic E-state index is 0.176. The molecular formula is C13H11ClFN3. The molecule has 92 valence electrons. The first kappa shape index (κ1) is 11.4. The van der Waals surface area contributed by atoms with Crippen molar-refractivity contribution >= 4 is 17.4 Å². The van der Waals surface area contributed by atoms with Gasteiger partial charge >= 0.3 is 0 Å². The molecule has 0 N–H and O–H groups in total. The Morgan fingerprint density at radius 3 is 2.94 bits per heavy atom. The fourth-order valence-electron chi connectivity index (χ4n) is 2.20. The van der Waals surface area contributed by atoms with E-state index in [2.05, 4.69) is 14.9 Å². The maximum Gasteiger partial charge on any atom is 0.149 e. The fraction of sp³-hybridized carbons (Fsp3) is 0.231. The fourth-order valence-corrected chi connectivity index (χ4v) is 2.35. The Morgan fingerprint density at radius 1 is 1.22 bits per heavy atom. The third-order valence-corrected chi connectivity index (χ3v) is 3.28. The molecule has 0 spiro atoms. The largest absolute Gasteiger partial charge is 0.351 e. The molecule has 0 saturated heterocycles. The Labute approximate surface area is 109 Å². The lowest BCUT2D eigenvalue weighted by Gasteiger charge is -2.29. The van der Waals surface area contributed by atoms with Crippen molar-refractivity contribution in [2.45, 2.75) is 13.0 Å². The molecule has 3 rings (SSSR count). The zero-order valence-corrected chi connectivity index (χ0v) is 10.4. The highest BCUT2D eigenvalue weighted by atomic mass is 35.5. The maximum atomic E-state index is 13.1. The van der Waals surface area contributed by atoms with E-state index in [0.717, 1.165) is 29.9 Å². The van der Waals surface area contributed by atoms with Crippen molar-refractivity contribution in [3.63, 3.8) is 0 Å². The van der Waals surface area contributed by atoms with Gasteiger partial charge < -0.3 is 4.90 Å². The summed E-state index contributed by atoms with van der Waals surface area (Å²) in [5, 5.41) is 0.386. The van der Waals surface area contributed by atoms with E-state index in [4.69, 9.17) is 11.6 Å². The Kier molecular flexibility index (Phi) is 2.88. The summed E-state index contributed by atoms with van der Waals surface area (Å²) < 4.78 is 13.1. The summed E-state index contributed by atoms with van der Waals surface area (Å²) in [4.78, 5) is 10.4. The van der Waals surface area contributed by atoms with Crippen LogP contribution in [-0.2, 0) is 13.0 Å². The molecule has 0 saturated carbocycles. The molecule has 0 atom stereocenters. The Morgan fingerprint density at radius 2 is 2.11 bits per heavy atom. The zero-order valence-electron chi connectivity index (χ0n) is 9.61. The van der Waals surface area contributed by atoms with Crippen LogP contribution in [0.25, 0.3) is 0 Å². The van der Waals surface area contributed by atoms with E-state index in [9.17, 15) is 4.39 Å². The van der Waals surface area contributed by atoms with E-state index in [0.29, 0.717) is 11.7 Å². The van der Waals surface area contributed by atoms with Gasteiger partial charge in [0.1, 0.15) is 16.8 Å². The predicted molar refractivity (Wildman–Crippen MR) is 68.2 cm³/mol. The highest BCUT2D eigenvalue weighted by Gasteiger charge is 2.18. The van der Waals surface area contributed by atoms with Crippen LogP contribution in [-0.4, -0.2) is 16.5 Å².